The normalized spacial score (nSPS) is 19.8. The second-order valence-electron chi connectivity index (χ2n) is 8.14. The Morgan fingerprint density at radius 2 is 1.83 bits per heavy atom. The SMILES string of the molecule is O=C(c1ccccc1)N1C[C@@H]2C[C@H](C1)c1ccc(NCc3ccccn3)c(=O)n1C2. The van der Waals surface area contributed by atoms with Gasteiger partial charge in [-0.3, -0.25) is 14.6 Å². The molecule has 4 heterocycles. The van der Waals surface area contributed by atoms with Crippen LogP contribution in [0.4, 0.5) is 5.69 Å². The van der Waals surface area contributed by atoms with Crippen LogP contribution < -0.4 is 10.9 Å². The first-order chi connectivity index (χ1) is 14.7. The van der Waals surface area contributed by atoms with Gasteiger partial charge in [0.25, 0.3) is 11.5 Å². The lowest BCUT2D eigenvalue weighted by Gasteiger charge is -2.43. The predicted octanol–water partition coefficient (Wildman–Crippen LogP) is 3.11. The van der Waals surface area contributed by atoms with E-state index in [9.17, 15) is 9.59 Å². The van der Waals surface area contributed by atoms with Crippen molar-refractivity contribution in [3.8, 4) is 0 Å². The van der Waals surface area contributed by atoms with Gasteiger partial charge in [0, 0.05) is 43.0 Å². The van der Waals surface area contributed by atoms with Crippen molar-refractivity contribution in [1.82, 2.24) is 14.5 Å². The number of benzene rings is 1. The number of likely N-dealkylation sites (tertiary alicyclic amines) is 1. The molecule has 0 radical (unpaired) electrons. The molecule has 0 aliphatic carbocycles. The van der Waals surface area contributed by atoms with Crippen LogP contribution >= 0.6 is 0 Å². The zero-order chi connectivity index (χ0) is 20.5. The zero-order valence-corrected chi connectivity index (χ0v) is 16.7. The lowest BCUT2D eigenvalue weighted by molar-refractivity contribution is 0.0594. The molecule has 6 nitrogen and oxygen atoms in total. The number of rotatable bonds is 4. The monoisotopic (exact) mass is 400 g/mol. The van der Waals surface area contributed by atoms with E-state index in [1.807, 2.05) is 70.1 Å². The number of amides is 1. The Morgan fingerprint density at radius 3 is 2.63 bits per heavy atom. The van der Waals surface area contributed by atoms with E-state index in [1.165, 1.54) is 0 Å². The van der Waals surface area contributed by atoms with Crippen LogP contribution in [0.5, 0.6) is 0 Å². The minimum absolute atomic E-state index is 0.0148. The van der Waals surface area contributed by atoms with Crippen molar-refractivity contribution >= 4 is 11.6 Å². The molecule has 2 bridgehead atoms. The van der Waals surface area contributed by atoms with Gasteiger partial charge < -0.3 is 14.8 Å². The van der Waals surface area contributed by atoms with Crippen molar-refractivity contribution in [2.75, 3.05) is 18.4 Å². The molecule has 2 aromatic heterocycles. The van der Waals surface area contributed by atoms with Gasteiger partial charge in [-0.15, -0.1) is 0 Å². The standard InChI is InChI=1S/C24H24N4O2/c29-23(18-6-2-1-3-7-18)27-14-17-12-19(16-27)22-10-9-21(24(30)28(22)15-17)26-13-20-8-4-5-11-25-20/h1-11,17,19,26H,12-16H2/t17-,19+/m0/s1. The Morgan fingerprint density at radius 1 is 1.00 bits per heavy atom. The van der Waals surface area contributed by atoms with Crippen molar-refractivity contribution < 1.29 is 4.79 Å². The minimum Gasteiger partial charge on any atom is -0.375 e. The average molecular weight is 400 g/mol. The van der Waals surface area contributed by atoms with Crippen LogP contribution in [-0.2, 0) is 13.1 Å². The molecule has 0 unspecified atom stereocenters. The third kappa shape index (κ3) is 3.49. The van der Waals surface area contributed by atoms with E-state index < -0.39 is 0 Å². The van der Waals surface area contributed by atoms with Crippen LogP contribution in [0.1, 0.15) is 34.1 Å². The third-order valence-corrected chi connectivity index (χ3v) is 6.10. The summed E-state index contributed by atoms with van der Waals surface area (Å²) < 4.78 is 1.91. The van der Waals surface area contributed by atoms with Gasteiger partial charge in [-0.1, -0.05) is 24.3 Å². The van der Waals surface area contributed by atoms with Crippen LogP contribution in [0, 0.1) is 5.92 Å². The smallest absolute Gasteiger partial charge is 0.274 e. The maximum absolute atomic E-state index is 13.1. The molecule has 2 aliphatic rings. The molecule has 0 spiro atoms. The van der Waals surface area contributed by atoms with Crippen molar-refractivity contribution in [1.29, 1.82) is 0 Å². The Bertz CT molecular complexity index is 1110. The molecule has 2 aliphatic heterocycles. The number of pyridine rings is 2. The number of hydrogen-bond acceptors (Lipinski definition) is 4. The Hall–Kier alpha value is -3.41. The molecule has 2 atom stereocenters. The lowest BCUT2D eigenvalue weighted by atomic mass is 9.83. The van der Waals surface area contributed by atoms with Gasteiger partial charge >= 0.3 is 0 Å². The van der Waals surface area contributed by atoms with Gasteiger partial charge in [-0.05, 0) is 48.7 Å². The van der Waals surface area contributed by atoms with Crippen molar-refractivity contribution in [3.63, 3.8) is 0 Å². The van der Waals surface area contributed by atoms with E-state index in [0.29, 0.717) is 37.8 Å². The second kappa shape index (κ2) is 7.78. The highest BCUT2D eigenvalue weighted by Gasteiger charge is 2.36. The first-order valence-electron chi connectivity index (χ1n) is 10.4. The fraction of sp³-hybridized carbons (Fsp3) is 0.292. The third-order valence-electron chi connectivity index (χ3n) is 6.10. The minimum atomic E-state index is 0.0148. The summed E-state index contributed by atoms with van der Waals surface area (Å²) in [5, 5.41) is 3.23. The van der Waals surface area contributed by atoms with E-state index in [-0.39, 0.29) is 17.4 Å². The molecule has 3 aromatic rings. The van der Waals surface area contributed by atoms with Crippen LogP contribution in [0.15, 0.2) is 71.7 Å². The molecule has 1 aromatic carbocycles. The molecule has 5 rings (SSSR count). The van der Waals surface area contributed by atoms with E-state index in [4.69, 9.17) is 0 Å². The van der Waals surface area contributed by atoms with Crippen LogP contribution in [-0.4, -0.2) is 33.4 Å². The van der Waals surface area contributed by atoms with Crippen molar-refractivity contribution in [3.05, 3.63) is 94.2 Å². The Balaban J connectivity index is 1.36. The van der Waals surface area contributed by atoms with Gasteiger partial charge in [0.15, 0.2) is 0 Å². The maximum atomic E-state index is 13.1. The number of carbonyl (C=O) groups excluding carboxylic acids is 1. The average Bonchev–Trinajstić information content (AvgIpc) is 2.80. The molecule has 6 heteroatoms. The van der Waals surface area contributed by atoms with E-state index in [0.717, 1.165) is 23.4 Å². The quantitative estimate of drug-likeness (QED) is 0.731. The van der Waals surface area contributed by atoms with Gasteiger partial charge in [-0.2, -0.15) is 0 Å². The topological polar surface area (TPSA) is 67.2 Å². The Kier molecular flexibility index (Phi) is 4.83. The number of fused-ring (bicyclic) bond motifs is 4. The fourth-order valence-corrected chi connectivity index (χ4v) is 4.70. The molecule has 1 N–H and O–H groups in total. The van der Waals surface area contributed by atoms with E-state index >= 15 is 0 Å². The highest BCUT2D eigenvalue weighted by Crippen LogP contribution is 2.36. The Labute approximate surface area is 175 Å². The van der Waals surface area contributed by atoms with Gasteiger partial charge in [0.2, 0.25) is 0 Å². The lowest BCUT2D eigenvalue weighted by Crippen LogP contribution is -2.49. The maximum Gasteiger partial charge on any atom is 0.274 e. The largest absolute Gasteiger partial charge is 0.375 e. The van der Waals surface area contributed by atoms with Crippen LogP contribution in [0.2, 0.25) is 0 Å². The number of aromatic nitrogens is 2. The number of carbonyl (C=O) groups is 1. The summed E-state index contributed by atoms with van der Waals surface area (Å²) in [5.74, 6) is 0.574. The molecule has 1 fully saturated rings. The predicted molar refractivity (Wildman–Crippen MR) is 115 cm³/mol. The number of piperidine rings is 1. The molecule has 1 saturated heterocycles. The van der Waals surface area contributed by atoms with Gasteiger partial charge in [0.05, 0.1) is 12.2 Å². The molecule has 30 heavy (non-hydrogen) atoms. The van der Waals surface area contributed by atoms with Gasteiger partial charge in [-0.25, -0.2) is 0 Å². The van der Waals surface area contributed by atoms with Crippen molar-refractivity contribution in [2.45, 2.75) is 25.4 Å². The molecular formula is C24H24N4O2. The van der Waals surface area contributed by atoms with Crippen molar-refractivity contribution in [2.24, 2.45) is 5.92 Å². The summed E-state index contributed by atoms with van der Waals surface area (Å²) in [6, 6.07) is 19.1. The zero-order valence-electron chi connectivity index (χ0n) is 16.7. The van der Waals surface area contributed by atoms with Gasteiger partial charge in [0.1, 0.15) is 5.69 Å². The van der Waals surface area contributed by atoms with Crippen LogP contribution in [0.25, 0.3) is 0 Å². The summed E-state index contributed by atoms with van der Waals surface area (Å²) in [6.45, 7) is 2.52. The number of anilines is 1. The number of nitrogens with one attached hydrogen (secondary N) is 1. The summed E-state index contributed by atoms with van der Waals surface area (Å²) in [7, 11) is 0. The van der Waals surface area contributed by atoms with Crippen LogP contribution in [0.3, 0.4) is 0 Å². The fourth-order valence-electron chi connectivity index (χ4n) is 4.70. The molecule has 0 saturated carbocycles. The summed E-state index contributed by atoms with van der Waals surface area (Å²) in [6.07, 6.45) is 2.78. The first-order valence-corrected chi connectivity index (χ1v) is 10.4. The molecule has 152 valence electrons. The summed E-state index contributed by atoms with van der Waals surface area (Å²) in [4.78, 5) is 32.3. The first kappa shape index (κ1) is 18.6. The summed E-state index contributed by atoms with van der Waals surface area (Å²) >= 11 is 0. The highest BCUT2D eigenvalue weighted by molar-refractivity contribution is 5.94. The second-order valence-corrected chi connectivity index (χ2v) is 8.14. The highest BCUT2D eigenvalue weighted by atomic mass is 16.2. The number of hydrogen-bond donors (Lipinski definition) is 1. The van der Waals surface area contributed by atoms with E-state index in [1.54, 1.807) is 6.20 Å². The summed E-state index contributed by atoms with van der Waals surface area (Å²) in [5.41, 5.74) is 3.27. The molecular weight excluding hydrogens is 376 g/mol. The molecule has 1 amide bonds. The number of nitrogens with zero attached hydrogens (tertiary/aromatic N) is 3. The van der Waals surface area contributed by atoms with E-state index in [2.05, 4.69) is 10.3 Å².